The largest absolute Gasteiger partial charge is 0.489 e. The lowest BCUT2D eigenvalue weighted by atomic mass is 10.3. The summed E-state index contributed by atoms with van der Waals surface area (Å²) in [6.45, 7) is 0. The molecule has 0 fully saturated rings. The Morgan fingerprint density at radius 3 is 0.882 bits per heavy atom. The van der Waals surface area contributed by atoms with Crippen LogP contribution in [0, 0.1) is 0 Å². The van der Waals surface area contributed by atoms with Crippen LogP contribution in [0.1, 0.15) is 0 Å². The van der Waals surface area contributed by atoms with E-state index in [1.54, 1.807) is 0 Å². The Balaban J connectivity index is 1.38. The molecule has 0 aromatic heterocycles. The van der Waals surface area contributed by atoms with Gasteiger partial charge in [0.1, 0.15) is 48.4 Å². The van der Waals surface area contributed by atoms with Crippen molar-refractivity contribution in [3.63, 3.8) is 0 Å². The molecule has 6 heteroatoms. The standard InChI is InChI=1S/C28H26O4P2/c1-3-7-27(8-4-1)33-19-29-23-11-15-25(16-12-23)31-21-34(28-9-5-2-6-10-28)22-32-26-17-13-24(14-18-26)30-20-33/h1-18H,19-22H2. The van der Waals surface area contributed by atoms with Crippen LogP contribution >= 0.6 is 15.8 Å². The molecule has 4 aliphatic rings. The van der Waals surface area contributed by atoms with Crippen LogP contribution in [0.4, 0.5) is 0 Å². The van der Waals surface area contributed by atoms with Crippen molar-refractivity contribution in [2.45, 2.75) is 0 Å². The minimum absolute atomic E-state index is 0.583. The molecule has 4 aromatic carbocycles. The summed E-state index contributed by atoms with van der Waals surface area (Å²) in [5, 5.41) is 2.50. The molecular weight excluding hydrogens is 462 g/mol. The van der Waals surface area contributed by atoms with E-state index in [-0.39, 0.29) is 0 Å². The van der Waals surface area contributed by atoms with Crippen LogP contribution in [-0.4, -0.2) is 25.4 Å². The fraction of sp³-hybridized carbons (Fsp3) is 0.143. The maximum Gasteiger partial charge on any atom is 0.120 e. The summed E-state index contributed by atoms with van der Waals surface area (Å²) in [5.74, 6) is 3.31. The van der Waals surface area contributed by atoms with E-state index >= 15 is 0 Å². The second-order valence-corrected chi connectivity index (χ2v) is 12.0. The molecule has 4 heterocycles. The van der Waals surface area contributed by atoms with Crippen LogP contribution in [0.2, 0.25) is 0 Å². The van der Waals surface area contributed by atoms with Crippen LogP contribution < -0.4 is 29.6 Å². The molecule has 0 aliphatic carbocycles. The predicted molar refractivity (Wildman–Crippen MR) is 141 cm³/mol. The highest BCUT2D eigenvalue weighted by Gasteiger charge is 2.16. The molecule has 0 unspecified atom stereocenters. The van der Waals surface area contributed by atoms with Crippen molar-refractivity contribution in [3.8, 4) is 23.0 Å². The molecule has 34 heavy (non-hydrogen) atoms. The molecular formula is C28H26O4P2. The summed E-state index contributed by atoms with van der Waals surface area (Å²) < 4.78 is 24.7. The molecule has 4 aromatic rings. The van der Waals surface area contributed by atoms with Crippen LogP contribution in [0.5, 0.6) is 23.0 Å². The summed E-state index contributed by atoms with van der Waals surface area (Å²) in [6.07, 6.45) is 2.33. The van der Waals surface area contributed by atoms with Crippen molar-refractivity contribution in [1.29, 1.82) is 0 Å². The Kier molecular flexibility index (Phi) is 7.60. The highest BCUT2D eigenvalue weighted by atomic mass is 31.1. The lowest BCUT2D eigenvalue weighted by Gasteiger charge is -2.21. The van der Waals surface area contributed by atoms with E-state index in [9.17, 15) is 0 Å². The van der Waals surface area contributed by atoms with E-state index in [1.165, 1.54) is 10.6 Å². The van der Waals surface area contributed by atoms with Crippen molar-refractivity contribution in [3.05, 3.63) is 109 Å². The van der Waals surface area contributed by atoms with Gasteiger partial charge in [-0.2, -0.15) is 0 Å². The van der Waals surface area contributed by atoms with Crippen LogP contribution in [-0.2, 0) is 0 Å². The third kappa shape index (κ3) is 6.08. The summed E-state index contributed by atoms with van der Waals surface area (Å²) in [6, 6.07) is 36.6. The maximum atomic E-state index is 6.17. The Morgan fingerprint density at radius 2 is 0.618 bits per heavy atom. The zero-order valence-electron chi connectivity index (χ0n) is 18.7. The molecule has 4 aliphatic heterocycles. The average Bonchev–Trinajstić information content (AvgIpc) is 2.91. The van der Waals surface area contributed by atoms with E-state index < -0.39 is 15.8 Å². The molecule has 0 atom stereocenters. The summed E-state index contributed by atoms with van der Waals surface area (Å²) in [4.78, 5) is 0. The number of ether oxygens (including phenoxy) is 4. The Hall–Kier alpha value is -3.06. The zero-order chi connectivity index (χ0) is 23.0. The summed E-state index contributed by atoms with van der Waals surface area (Å²) in [7, 11) is -1.31. The smallest absolute Gasteiger partial charge is 0.120 e. The van der Waals surface area contributed by atoms with Gasteiger partial charge in [0.15, 0.2) is 0 Å². The van der Waals surface area contributed by atoms with E-state index in [1.807, 2.05) is 60.7 Å². The van der Waals surface area contributed by atoms with E-state index in [4.69, 9.17) is 18.9 Å². The first-order chi connectivity index (χ1) is 16.8. The third-order valence-corrected chi connectivity index (χ3v) is 9.26. The normalized spacial score (nSPS) is 18.5. The minimum Gasteiger partial charge on any atom is -0.489 e. The van der Waals surface area contributed by atoms with Crippen LogP contribution in [0.25, 0.3) is 0 Å². The van der Waals surface area contributed by atoms with Crippen LogP contribution in [0.3, 0.4) is 0 Å². The van der Waals surface area contributed by atoms with Gasteiger partial charge >= 0.3 is 0 Å². The minimum atomic E-state index is -0.654. The number of rotatable bonds is 2. The van der Waals surface area contributed by atoms with Gasteiger partial charge in [-0.1, -0.05) is 60.7 Å². The van der Waals surface area contributed by atoms with Gasteiger partial charge in [-0.15, -0.1) is 0 Å². The molecule has 4 nitrogen and oxygen atoms in total. The van der Waals surface area contributed by atoms with E-state index in [0.29, 0.717) is 25.4 Å². The van der Waals surface area contributed by atoms with Crippen molar-refractivity contribution in [1.82, 2.24) is 0 Å². The molecule has 8 rings (SSSR count). The van der Waals surface area contributed by atoms with E-state index in [0.717, 1.165) is 23.0 Å². The Bertz CT molecular complexity index is 1000. The quantitative estimate of drug-likeness (QED) is 0.308. The van der Waals surface area contributed by atoms with Gasteiger partial charge < -0.3 is 18.9 Å². The van der Waals surface area contributed by atoms with Crippen LogP contribution in [0.15, 0.2) is 109 Å². The second kappa shape index (κ2) is 11.4. The van der Waals surface area contributed by atoms with Gasteiger partial charge in [-0.3, -0.25) is 0 Å². The third-order valence-electron chi connectivity index (χ3n) is 5.44. The fourth-order valence-corrected chi connectivity index (χ4v) is 6.68. The fourth-order valence-electron chi connectivity index (χ4n) is 3.52. The lowest BCUT2D eigenvalue weighted by molar-refractivity contribution is 0.355. The van der Waals surface area contributed by atoms with Gasteiger partial charge in [0.05, 0.1) is 0 Å². The van der Waals surface area contributed by atoms with Crippen molar-refractivity contribution >= 4 is 26.5 Å². The first kappa shape index (κ1) is 22.7. The summed E-state index contributed by atoms with van der Waals surface area (Å²) >= 11 is 0. The second-order valence-electron chi connectivity index (χ2n) is 7.79. The van der Waals surface area contributed by atoms with Gasteiger partial charge in [-0.05, 0) is 59.1 Å². The van der Waals surface area contributed by atoms with Crippen molar-refractivity contribution in [2.24, 2.45) is 0 Å². The van der Waals surface area contributed by atoms with Crippen molar-refractivity contribution in [2.75, 3.05) is 25.4 Å². The highest BCUT2D eigenvalue weighted by molar-refractivity contribution is 7.65. The molecule has 4 bridgehead atoms. The predicted octanol–water partition coefficient (Wildman–Crippen LogP) is 6.36. The van der Waals surface area contributed by atoms with Gasteiger partial charge in [-0.25, -0.2) is 0 Å². The highest BCUT2D eigenvalue weighted by Crippen LogP contribution is 2.38. The van der Waals surface area contributed by atoms with Gasteiger partial charge in [0.25, 0.3) is 0 Å². The topological polar surface area (TPSA) is 36.9 Å². The number of hydrogen-bond acceptors (Lipinski definition) is 4. The van der Waals surface area contributed by atoms with Gasteiger partial charge in [0, 0.05) is 15.8 Å². The maximum absolute atomic E-state index is 6.17. The molecule has 172 valence electrons. The van der Waals surface area contributed by atoms with Crippen molar-refractivity contribution < 1.29 is 18.9 Å². The molecule has 0 amide bonds. The number of hydrogen-bond donors (Lipinski definition) is 0. The van der Waals surface area contributed by atoms with E-state index in [2.05, 4.69) is 48.5 Å². The zero-order valence-corrected chi connectivity index (χ0v) is 20.5. The first-order valence-electron chi connectivity index (χ1n) is 11.1. The Labute approximate surface area is 203 Å². The molecule has 0 N–H and O–H groups in total. The lowest BCUT2D eigenvalue weighted by Crippen LogP contribution is -2.13. The van der Waals surface area contributed by atoms with Gasteiger partial charge in [0.2, 0.25) is 0 Å². The first-order valence-corrected chi connectivity index (χ1v) is 14.6. The molecule has 0 saturated carbocycles. The Morgan fingerprint density at radius 1 is 0.353 bits per heavy atom. The molecule has 0 saturated heterocycles. The summed E-state index contributed by atoms with van der Waals surface area (Å²) in [5.41, 5.74) is 0. The SMILES string of the molecule is c1ccc(P2COc3ccc(cc3)OCP(c3ccccc3)COc3ccc(cc3)OC2)cc1. The molecule has 0 radical (unpaired) electrons. The number of benzene rings is 4. The molecule has 0 spiro atoms. The monoisotopic (exact) mass is 488 g/mol. The average molecular weight is 488 g/mol.